The minimum absolute atomic E-state index is 0.497. The second-order valence-corrected chi connectivity index (χ2v) is 6.10. The van der Waals surface area contributed by atoms with Gasteiger partial charge in [0, 0.05) is 28.0 Å². The first-order valence-electron chi connectivity index (χ1n) is 6.46. The van der Waals surface area contributed by atoms with Gasteiger partial charge in [-0.2, -0.15) is 0 Å². The van der Waals surface area contributed by atoms with Gasteiger partial charge in [-0.05, 0) is 47.4 Å². The number of hydrogen-bond acceptors (Lipinski definition) is 2. The van der Waals surface area contributed by atoms with Crippen LogP contribution < -0.4 is 10.1 Å². The van der Waals surface area contributed by atoms with Crippen molar-refractivity contribution in [3.8, 4) is 5.75 Å². The summed E-state index contributed by atoms with van der Waals surface area (Å²) in [5.74, 6) is 1.33. The van der Waals surface area contributed by atoms with Crippen molar-refractivity contribution < 1.29 is 4.74 Å². The van der Waals surface area contributed by atoms with Crippen molar-refractivity contribution in [2.75, 3.05) is 20.2 Å². The Morgan fingerprint density at radius 2 is 2.26 bits per heavy atom. The van der Waals surface area contributed by atoms with Gasteiger partial charge in [-0.15, -0.1) is 0 Å². The molecule has 3 rings (SSSR count). The molecule has 1 aliphatic heterocycles. The van der Waals surface area contributed by atoms with Gasteiger partial charge in [0.05, 0.1) is 17.6 Å². The summed E-state index contributed by atoms with van der Waals surface area (Å²) in [5.41, 5.74) is 2.19. The summed E-state index contributed by atoms with van der Waals surface area (Å²) in [4.78, 5) is 3.50. The van der Waals surface area contributed by atoms with Gasteiger partial charge in [0.1, 0.15) is 5.75 Å². The van der Waals surface area contributed by atoms with Crippen LogP contribution >= 0.6 is 27.5 Å². The summed E-state index contributed by atoms with van der Waals surface area (Å²) in [7, 11) is 1.68. The zero-order chi connectivity index (χ0) is 13.4. The van der Waals surface area contributed by atoms with Crippen LogP contribution in [0.15, 0.2) is 16.6 Å². The zero-order valence-electron chi connectivity index (χ0n) is 10.7. The van der Waals surface area contributed by atoms with Gasteiger partial charge < -0.3 is 15.0 Å². The molecule has 2 aromatic rings. The predicted octanol–water partition coefficient (Wildman–Crippen LogP) is 4.06. The molecule has 3 nitrogen and oxygen atoms in total. The van der Waals surface area contributed by atoms with E-state index in [1.165, 1.54) is 18.5 Å². The van der Waals surface area contributed by atoms with Gasteiger partial charge in [0.25, 0.3) is 0 Å². The normalized spacial score (nSPS) is 19.8. The Morgan fingerprint density at radius 1 is 1.42 bits per heavy atom. The van der Waals surface area contributed by atoms with E-state index < -0.39 is 0 Å². The third kappa shape index (κ3) is 2.26. The van der Waals surface area contributed by atoms with Crippen molar-refractivity contribution in [2.45, 2.75) is 18.8 Å². The molecule has 1 aromatic carbocycles. The Kier molecular flexibility index (Phi) is 3.74. The van der Waals surface area contributed by atoms with Gasteiger partial charge in [-0.25, -0.2) is 0 Å². The lowest BCUT2D eigenvalue weighted by Crippen LogP contribution is -2.28. The van der Waals surface area contributed by atoms with E-state index in [1.54, 1.807) is 7.11 Å². The van der Waals surface area contributed by atoms with E-state index in [-0.39, 0.29) is 0 Å². The van der Waals surface area contributed by atoms with Gasteiger partial charge in [-0.1, -0.05) is 11.6 Å². The van der Waals surface area contributed by atoms with Crippen molar-refractivity contribution in [3.63, 3.8) is 0 Å². The highest BCUT2D eigenvalue weighted by molar-refractivity contribution is 9.10. The van der Waals surface area contributed by atoms with Crippen LogP contribution in [0.25, 0.3) is 10.9 Å². The van der Waals surface area contributed by atoms with E-state index in [2.05, 4.69) is 26.2 Å². The molecule has 2 heterocycles. The average molecular weight is 344 g/mol. The fraction of sp³-hybridized carbons (Fsp3) is 0.429. The van der Waals surface area contributed by atoms with Gasteiger partial charge >= 0.3 is 0 Å². The van der Waals surface area contributed by atoms with E-state index in [0.29, 0.717) is 5.92 Å². The monoisotopic (exact) mass is 342 g/mol. The Morgan fingerprint density at radius 3 is 2.95 bits per heavy atom. The highest BCUT2D eigenvalue weighted by Gasteiger charge is 2.23. The topological polar surface area (TPSA) is 37.0 Å². The molecule has 0 radical (unpaired) electrons. The average Bonchev–Trinajstić information content (AvgIpc) is 2.79. The van der Waals surface area contributed by atoms with E-state index in [0.717, 1.165) is 39.2 Å². The first-order valence-corrected chi connectivity index (χ1v) is 7.63. The lowest BCUT2D eigenvalue weighted by atomic mass is 9.96. The molecule has 0 amide bonds. The molecular formula is C14H16BrClN2O. The van der Waals surface area contributed by atoms with Crippen molar-refractivity contribution in [1.29, 1.82) is 0 Å². The lowest BCUT2D eigenvalue weighted by Gasteiger charge is -2.22. The Bertz CT molecular complexity index is 605. The van der Waals surface area contributed by atoms with Crippen molar-refractivity contribution >= 4 is 38.4 Å². The van der Waals surface area contributed by atoms with Crippen molar-refractivity contribution in [2.24, 2.45) is 0 Å². The van der Waals surface area contributed by atoms with Crippen LogP contribution in [0.1, 0.15) is 24.5 Å². The quantitative estimate of drug-likeness (QED) is 0.863. The Balaban J connectivity index is 2.16. The van der Waals surface area contributed by atoms with Crippen LogP contribution in [0.4, 0.5) is 0 Å². The number of nitrogens with one attached hydrogen (secondary N) is 2. The number of fused-ring (bicyclic) bond motifs is 1. The first-order chi connectivity index (χ1) is 9.22. The van der Waals surface area contributed by atoms with Crippen molar-refractivity contribution in [1.82, 2.24) is 10.3 Å². The van der Waals surface area contributed by atoms with Crippen molar-refractivity contribution in [3.05, 3.63) is 27.3 Å². The highest BCUT2D eigenvalue weighted by Crippen LogP contribution is 2.41. The van der Waals surface area contributed by atoms with Crippen LogP contribution in [0.5, 0.6) is 5.75 Å². The summed E-state index contributed by atoms with van der Waals surface area (Å²) in [6, 6.07) is 3.78. The number of hydrogen-bond donors (Lipinski definition) is 2. The summed E-state index contributed by atoms with van der Waals surface area (Å²) in [6.07, 6.45) is 2.40. The smallest absolute Gasteiger partial charge is 0.143 e. The number of piperidine rings is 1. The maximum Gasteiger partial charge on any atom is 0.143 e. The standard InChI is InChI=1S/C14H16BrClN2O/c1-19-10-5-4-9(16)11-12(15)13(18-14(10)11)8-3-2-6-17-7-8/h4-5,8,17-18H,2-3,6-7H2,1H3. The number of H-pyrrole nitrogens is 1. The first kappa shape index (κ1) is 13.3. The van der Waals surface area contributed by atoms with Crippen LogP contribution in [0.3, 0.4) is 0 Å². The molecule has 1 unspecified atom stereocenters. The molecule has 1 fully saturated rings. The summed E-state index contributed by atoms with van der Waals surface area (Å²) in [5, 5.41) is 5.20. The maximum atomic E-state index is 6.32. The third-order valence-electron chi connectivity index (χ3n) is 3.76. The Labute approximate surface area is 125 Å². The Hall–Kier alpha value is -0.710. The number of rotatable bonds is 2. The predicted molar refractivity (Wildman–Crippen MR) is 82.4 cm³/mol. The molecule has 5 heteroatoms. The third-order valence-corrected chi connectivity index (χ3v) is 4.90. The molecule has 1 aromatic heterocycles. The highest BCUT2D eigenvalue weighted by atomic mass is 79.9. The van der Waals surface area contributed by atoms with Crippen LogP contribution in [0.2, 0.25) is 5.02 Å². The van der Waals surface area contributed by atoms with Crippen LogP contribution in [0, 0.1) is 0 Å². The molecule has 0 saturated carbocycles. The molecule has 0 aliphatic carbocycles. The number of aromatic amines is 1. The van der Waals surface area contributed by atoms with E-state index >= 15 is 0 Å². The lowest BCUT2D eigenvalue weighted by molar-refractivity contribution is 0.418. The minimum atomic E-state index is 0.497. The number of methoxy groups -OCH3 is 1. The van der Waals surface area contributed by atoms with Gasteiger partial charge in [0.15, 0.2) is 0 Å². The van der Waals surface area contributed by atoms with Crippen LogP contribution in [-0.2, 0) is 0 Å². The molecule has 2 N–H and O–H groups in total. The fourth-order valence-electron chi connectivity index (χ4n) is 2.77. The van der Waals surface area contributed by atoms with Gasteiger partial charge in [-0.3, -0.25) is 0 Å². The second-order valence-electron chi connectivity index (χ2n) is 4.90. The molecule has 0 spiro atoms. The van der Waals surface area contributed by atoms with E-state index in [9.17, 15) is 0 Å². The number of benzene rings is 1. The van der Waals surface area contributed by atoms with Gasteiger partial charge in [0.2, 0.25) is 0 Å². The molecule has 102 valence electrons. The molecule has 1 atom stereocenters. The van der Waals surface area contributed by atoms with Crippen LogP contribution in [-0.4, -0.2) is 25.2 Å². The summed E-state index contributed by atoms with van der Waals surface area (Å²) >= 11 is 10.0. The minimum Gasteiger partial charge on any atom is -0.495 e. The van der Waals surface area contributed by atoms with E-state index in [4.69, 9.17) is 16.3 Å². The molecule has 19 heavy (non-hydrogen) atoms. The molecule has 1 saturated heterocycles. The molecule has 1 aliphatic rings. The SMILES string of the molecule is COc1ccc(Cl)c2c(Br)c(C3CCCNC3)[nH]c12. The number of halogens is 2. The zero-order valence-corrected chi connectivity index (χ0v) is 13.1. The second kappa shape index (κ2) is 5.35. The summed E-state index contributed by atoms with van der Waals surface area (Å²) < 4.78 is 6.48. The molecular weight excluding hydrogens is 328 g/mol. The fourth-order valence-corrected chi connectivity index (χ4v) is 3.97. The largest absolute Gasteiger partial charge is 0.495 e. The summed E-state index contributed by atoms with van der Waals surface area (Å²) in [6.45, 7) is 2.11. The van der Waals surface area contributed by atoms with E-state index in [1.807, 2.05) is 12.1 Å². The number of ether oxygens (including phenoxy) is 1. The maximum absolute atomic E-state index is 6.32. The number of aromatic nitrogens is 1. The molecule has 0 bridgehead atoms.